The Morgan fingerprint density at radius 2 is 2.05 bits per heavy atom. The molecule has 0 radical (unpaired) electrons. The lowest BCUT2D eigenvalue weighted by Crippen LogP contribution is -2.05. The van der Waals surface area contributed by atoms with Gasteiger partial charge in [0.1, 0.15) is 12.4 Å². The van der Waals surface area contributed by atoms with E-state index >= 15 is 0 Å². The molecule has 0 aliphatic carbocycles. The second-order valence-electron chi connectivity index (χ2n) is 3.65. The van der Waals surface area contributed by atoms with E-state index in [1.54, 1.807) is 6.08 Å². The molecule has 0 aromatic heterocycles. The van der Waals surface area contributed by atoms with E-state index in [4.69, 9.17) is 4.74 Å². The summed E-state index contributed by atoms with van der Waals surface area (Å²) in [6, 6.07) is 4.62. The number of hydrogen-bond donors (Lipinski definition) is 0. The van der Waals surface area contributed by atoms with Crippen molar-refractivity contribution in [3.63, 3.8) is 0 Å². The zero-order valence-corrected chi connectivity index (χ0v) is 10.7. The lowest BCUT2D eigenvalue weighted by atomic mass is 10.2. The van der Waals surface area contributed by atoms with Crippen molar-refractivity contribution in [2.24, 2.45) is 0 Å². The van der Waals surface area contributed by atoms with Crippen molar-refractivity contribution in [1.29, 1.82) is 0 Å². The summed E-state index contributed by atoms with van der Waals surface area (Å²) in [5, 5.41) is 0. The van der Waals surface area contributed by atoms with Crippen LogP contribution in [0.3, 0.4) is 0 Å². The minimum atomic E-state index is -4.39. The first-order valence-electron chi connectivity index (χ1n) is 5.64. The number of benzene rings is 1. The van der Waals surface area contributed by atoms with Gasteiger partial charge >= 0.3 is 12.1 Å². The smallest absolute Gasteiger partial charge is 0.416 e. The molecule has 0 unspecified atom stereocenters. The Labute approximate surface area is 114 Å². The molecule has 0 saturated carbocycles. The van der Waals surface area contributed by atoms with Crippen LogP contribution < -0.4 is 4.74 Å². The van der Waals surface area contributed by atoms with Crippen molar-refractivity contribution in [2.75, 3.05) is 13.7 Å². The number of allylic oxidation sites excluding steroid dienone is 2. The molecule has 1 aromatic carbocycles. The highest BCUT2D eigenvalue weighted by molar-refractivity contribution is 5.82. The monoisotopic (exact) mass is 286 g/mol. The summed E-state index contributed by atoms with van der Waals surface area (Å²) >= 11 is 0. The van der Waals surface area contributed by atoms with Crippen LogP contribution in [0.25, 0.3) is 0 Å². The molecule has 1 aromatic rings. The quantitative estimate of drug-likeness (QED) is 0.473. The topological polar surface area (TPSA) is 35.5 Å². The van der Waals surface area contributed by atoms with E-state index in [9.17, 15) is 18.0 Å². The third-order valence-corrected chi connectivity index (χ3v) is 2.19. The Balaban J connectivity index is 2.49. The molecule has 0 aliphatic rings. The van der Waals surface area contributed by atoms with Crippen molar-refractivity contribution in [2.45, 2.75) is 6.18 Å². The van der Waals surface area contributed by atoms with Gasteiger partial charge in [-0.1, -0.05) is 18.2 Å². The second kappa shape index (κ2) is 7.37. The fraction of sp³-hybridized carbons (Fsp3) is 0.214. The standard InChI is InChI=1S/C14H13F3O3/c1-19-13(18)8-3-2-4-9-20-12-7-5-6-11(10-12)14(15,16)17/h2-8,10H,9H2,1H3. The van der Waals surface area contributed by atoms with Crippen LogP contribution in [0, 0.1) is 0 Å². The zero-order valence-electron chi connectivity index (χ0n) is 10.7. The van der Waals surface area contributed by atoms with Gasteiger partial charge in [-0.05, 0) is 24.3 Å². The van der Waals surface area contributed by atoms with Crippen LogP contribution in [0.2, 0.25) is 0 Å². The van der Waals surface area contributed by atoms with Gasteiger partial charge in [-0.3, -0.25) is 0 Å². The van der Waals surface area contributed by atoms with Crippen LogP contribution >= 0.6 is 0 Å². The third-order valence-electron chi connectivity index (χ3n) is 2.19. The molecule has 0 aliphatic heterocycles. The summed E-state index contributed by atoms with van der Waals surface area (Å²) in [6.07, 6.45) is 1.35. The molecule has 0 bridgehead atoms. The minimum Gasteiger partial charge on any atom is -0.490 e. The highest BCUT2D eigenvalue weighted by Crippen LogP contribution is 2.31. The van der Waals surface area contributed by atoms with Crippen molar-refractivity contribution in [3.05, 3.63) is 54.1 Å². The zero-order chi connectivity index (χ0) is 15.0. The number of ether oxygens (including phenoxy) is 2. The molecule has 0 atom stereocenters. The highest BCUT2D eigenvalue weighted by Gasteiger charge is 2.30. The normalized spacial score (nSPS) is 12.0. The van der Waals surface area contributed by atoms with Crippen LogP contribution in [0.5, 0.6) is 5.75 Å². The number of carbonyl (C=O) groups excluding carboxylic acids is 1. The molecule has 20 heavy (non-hydrogen) atoms. The van der Waals surface area contributed by atoms with E-state index in [1.165, 1.54) is 37.5 Å². The van der Waals surface area contributed by atoms with E-state index in [-0.39, 0.29) is 12.4 Å². The maximum absolute atomic E-state index is 12.4. The highest BCUT2D eigenvalue weighted by atomic mass is 19.4. The maximum Gasteiger partial charge on any atom is 0.416 e. The molecule has 1 rings (SSSR count). The SMILES string of the molecule is COC(=O)C=CC=CCOc1cccc(C(F)(F)F)c1. The number of hydrogen-bond acceptors (Lipinski definition) is 3. The van der Waals surface area contributed by atoms with E-state index < -0.39 is 17.7 Å². The van der Waals surface area contributed by atoms with E-state index in [1.807, 2.05) is 0 Å². The number of esters is 1. The summed E-state index contributed by atoms with van der Waals surface area (Å²) in [4.78, 5) is 10.7. The van der Waals surface area contributed by atoms with Gasteiger partial charge in [0, 0.05) is 6.08 Å². The first kappa shape index (κ1) is 15.8. The van der Waals surface area contributed by atoms with Crippen LogP contribution in [-0.4, -0.2) is 19.7 Å². The Bertz CT molecular complexity index is 505. The van der Waals surface area contributed by atoms with Crippen LogP contribution in [0.15, 0.2) is 48.6 Å². The van der Waals surface area contributed by atoms with Crippen LogP contribution in [0.4, 0.5) is 13.2 Å². The largest absolute Gasteiger partial charge is 0.490 e. The number of carbonyl (C=O) groups is 1. The fourth-order valence-corrected chi connectivity index (χ4v) is 1.24. The number of rotatable bonds is 5. The van der Waals surface area contributed by atoms with Crippen molar-refractivity contribution in [1.82, 2.24) is 0 Å². The molecule has 108 valence electrons. The van der Waals surface area contributed by atoms with Crippen molar-refractivity contribution in [3.8, 4) is 5.75 Å². The van der Waals surface area contributed by atoms with Gasteiger partial charge in [-0.25, -0.2) is 4.79 Å². The molecule has 6 heteroatoms. The second-order valence-corrected chi connectivity index (χ2v) is 3.65. The van der Waals surface area contributed by atoms with E-state index in [0.29, 0.717) is 0 Å². The number of halogens is 3. The minimum absolute atomic E-state index is 0.0901. The fourth-order valence-electron chi connectivity index (χ4n) is 1.24. The Morgan fingerprint density at radius 3 is 2.70 bits per heavy atom. The first-order chi connectivity index (χ1) is 9.43. The van der Waals surface area contributed by atoms with Gasteiger partial charge in [0.15, 0.2) is 0 Å². The van der Waals surface area contributed by atoms with E-state index in [2.05, 4.69) is 4.74 Å². The predicted molar refractivity (Wildman–Crippen MR) is 67.2 cm³/mol. The molecule has 3 nitrogen and oxygen atoms in total. The molecule has 0 saturated heterocycles. The number of methoxy groups -OCH3 is 1. The molecule has 0 N–H and O–H groups in total. The Morgan fingerprint density at radius 1 is 1.30 bits per heavy atom. The Kier molecular flexibility index (Phi) is 5.83. The van der Waals surface area contributed by atoms with Crippen molar-refractivity contribution < 1.29 is 27.4 Å². The molecule has 0 amide bonds. The predicted octanol–water partition coefficient (Wildman–Crippen LogP) is 3.37. The van der Waals surface area contributed by atoms with Crippen LogP contribution in [0.1, 0.15) is 5.56 Å². The summed E-state index contributed by atoms with van der Waals surface area (Å²) in [6.45, 7) is 0.0901. The molecule has 0 spiro atoms. The van der Waals surface area contributed by atoms with Gasteiger partial charge < -0.3 is 9.47 Å². The van der Waals surface area contributed by atoms with Gasteiger partial charge in [-0.2, -0.15) is 13.2 Å². The van der Waals surface area contributed by atoms with Crippen molar-refractivity contribution >= 4 is 5.97 Å². The average molecular weight is 286 g/mol. The summed E-state index contributed by atoms with van der Waals surface area (Å²) in [5.74, 6) is -0.366. The third kappa shape index (κ3) is 5.60. The molecular formula is C14H13F3O3. The molecular weight excluding hydrogens is 273 g/mol. The lowest BCUT2D eigenvalue weighted by Gasteiger charge is -2.08. The van der Waals surface area contributed by atoms with Gasteiger partial charge in [-0.15, -0.1) is 0 Å². The number of alkyl halides is 3. The summed E-state index contributed by atoms with van der Waals surface area (Å²) in [5.41, 5.74) is -0.760. The first-order valence-corrected chi connectivity index (χ1v) is 5.64. The van der Waals surface area contributed by atoms with Crippen LogP contribution in [-0.2, 0) is 15.7 Å². The average Bonchev–Trinajstić information content (AvgIpc) is 2.41. The Hall–Kier alpha value is -2.24. The summed E-state index contributed by atoms with van der Waals surface area (Å²) in [7, 11) is 1.26. The molecule has 0 heterocycles. The van der Waals surface area contributed by atoms with Gasteiger partial charge in [0.2, 0.25) is 0 Å². The van der Waals surface area contributed by atoms with Gasteiger partial charge in [0.25, 0.3) is 0 Å². The van der Waals surface area contributed by atoms with E-state index in [0.717, 1.165) is 12.1 Å². The lowest BCUT2D eigenvalue weighted by molar-refractivity contribution is -0.137. The van der Waals surface area contributed by atoms with Gasteiger partial charge in [0.05, 0.1) is 12.7 Å². The molecule has 0 fully saturated rings. The summed E-state index contributed by atoms with van der Waals surface area (Å²) < 4.78 is 46.8. The maximum atomic E-state index is 12.4.